The SMILES string of the molecule is C=Cc1ncc2[nH]ccc2c1/C=C\CC. The minimum absolute atomic E-state index is 0.937. The van der Waals surface area contributed by atoms with Crippen molar-refractivity contribution < 1.29 is 0 Å². The molecule has 0 bridgehead atoms. The fourth-order valence-corrected chi connectivity index (χ4v) is 1.64. The normalized spacial score (nSPS) is 11.3. The number of rotatable bonds is 3. The third-order valence-corrected chi connectivity index (χ3v) is 2.39. The van der Waals surface area contributed by atoms with Crippen molar-refractivity contribution in [3.8, 4) is 0 Å². The molecule has 0 saturated heterocycles. The van der Waals surface area contributed by atoms with Gasteiger partial charge < -0.3 is 4.98 Å². The van der Waals surface area contributed by atoms with E-state index in [1.54, 1.807) is 6.08 Å². The third kappa shape index (κ3) is 1.71. The van der Waals surface area contributed by atoms with E-state index in [0.29, 0.717) is 0 Å². The Kier molecular flexibility index (Phi) is 2.68. The number of nitrogens with one attached hydrogen (secondary N) is 1. The van der Waals surface area contributed by atoms with Crippen molar-refractivity contribution in [2.75, 3.05) is 0 Å². The zero-order valence-electron chi connectivity index (χ0n) is 8.83. The molecule has 0 radical (unpaired) electrons. The minimum atomic E-state index is 0.937. The van der Waals surface area contributed by atoms with E-state index >= 15 is 0 Å². The van der Waals surface area contributed by atoms with Crippen LogP contribution in [0, 0.1) is 0 Å². The standard InChI is InChI=1S/C13H14N2/c1-3-5-6-10-11-7-8-14-13(11)9-15-12(10)4-2/h4-9,14H,2-3H2,1H3/b6-5-. The lowest BCUT2D eigenvalue weighted by Gasteiger charge is -2.01. The molecule has 76 valence electrons. The van der Waals surface area contributed by atoms with Crippen LogP contribution in [0.4, 0.5) is 0 Å². The van der Waals surface area contributed by atoms with Crippen molar-refractivity contribution in [1.29, 1.82) is 0 Å². The predicted molar refractivity (Wildman–Crippen MR) is 65.5 cm³/mol. The molecule has 0 saturated carbocycles. The molecule has 0 unspecified atom stereocenters. The molecule has 1 N–H and O–H groups in total. The number of hydrogen-bond acceptors (Lipinski definition) is 1. The number of aromatic nitrogens is 2. The summed E-state index contributed by atoms with van der Waals surface area (Å²) >= 11 is 0. The highest BCUT2D eigenvalue weighted by Crippen LogP contribution is 2.21. The van der Waals surface area contributed by atoms with Gasteiger partial charge >= 0.3 is 0 Å². The van der Waals surface area contributed by atoms with Gasteiger partial charge in [0.2, 0.25) is 0 Å². The molecule has 0 aromatic carbocycles. The van der Waals surface area contributed by atoms with Gasteiger partial charge in [0.25, 0.3) is 0 Å². The Morgan fingerprint density at radius 1 is 1.53 bits per heavy atom. The maximum atomic E-state index is 4.35. The molecule has 2 aromatic rings. The molecular weight excluding hydrogens is 184 g/mol. The molecule has 0 atom stereocenters. The molecule has 2 nitrogen and oxygen atoms in total. The zero-order chi connectivity index (χ0) is 10.7. The Labute approximate surface area is 89.4 Å². The first-order valence-electron chi connectivity index (χ1n) is 5.12. The van der Waals surface area contributed by atoms with Gasteiger partial charge in [-0.2, -0.15) is 0 Å². The summed E-state index contributed by atoms with van der Waals surface area (Å²) in [6.45, 7) is 5.90. The van der Waals surface area contributed by atoms with E-state index in [0.717, 1.165) is 23.2 Å². The van der Waals surface area contributed by atoms with Gasteiger partial charge in [-0.15, -0.1) is 0 Å². The van der Waals surface area contributed by atoms with Crippen molar-refractivity contribution in [3.05, 3.63) is 42.4 Å². The quantitative estimate of drug-likeness (QED) is 0.801. The number of allylic oxidation sites excluding steroid dienone is 1. The molecule has 0 amide bonds. The van der Waals surface area contributed by atoms with E-state index in [-0.39, 0.29) is 0 Å². The highest BCUT2D eigenvalue weighted by molar-refractivity contribution is 5.90. The van der Waals surface area contributed by atoms with Gasteiger partial charge in [-0.3, -0.25) is 4.98 Å². The number of fused-ring (bicyclic) bond motifs is 1. The molecule has 2 rings (SSSR count). The Morgan fingerprint density at radius 3 is 3.13 bits per heavy atom. The van der Waals surface area contributed by atoms with E-state index in [4.69, 9.17) is 0 Å². The monoisotopic (exact) mass is 198 g/mol. The number of aromatic amines is 1. The number of pyridine rings is 1. The van der Waals surface area contributed by atoms with Crippen LogP contribution >= 0.6 is 0 Å². The summed E-state index contributed by atoms with van der Waals surface area (Å²) in [5.41, 5.74) is 3.15. The Bertz CT molecular complexity index is 506. The van der Waals surface area contributed by atoms with Crippen LogP contribution in [0.25, 0.3) is 23.1 Å². The second kappa shape index (κ2) is 4.13. The summed E-state index contributed by atoms with van der Waals surface area (Å²) in [7, 11) is 0. The molecule has 0 fully saturated rings. The van der Waals surface area contributed by atoms with E-state index in [2.05, 4.69) is 41.7 Å². The molecule has 2 aromatic heterocycles. The van der Waals surface area contributed by atoms with Crippen molar-refractivity contribution in [2.24, 2.45) is 0 Å². The van der Waals surface area contributed by atoms with Gasteiger partial charge in [-0.1, -0.05) is 25.7 Å². The van der Waals surface area contributed by atoms with Crippen molar-refractivity contribution >= 4 is 23.1 Å². The molecule has 2 heterocycles. The summed E-state index contributed by atoms with van der Waals surface area (Å²) in [4.78, 5) is 7.51. The zero-order valence-corrected chi connectivity index (χ0v) is 8.83. The Balaban J connectivity index is 2.68. The molecule has 15 heavy (non-hydrogen) atoms. The second-order valence-corrected chi connectivity index (χ2v) is 3.38. The van der Waals surface area contributed by atoms with E-state index < -0.39 is 0 Å². The predicted octanol–water partition coefficient (Wildman–Crippen LogP) is 3.63. The number of nitrogens with zero attached hydrogens (tertiary/aromatic N) is 1. The summed E-state index contributed by atoms with van der Waals surface area (Å²) in [6.07, 6.45) is 10.8. The largest absolute Gasteiger partial charge is 0.360 e. The van der Waals surface area contributed by atoms with Gasteiger partial charge in [0, 0.05) is 17.1 Å². The van der Waals surface area contributed by atoms with Gasteiger partial charge in [0.1, 0.15) is 0 Å². The van der Waals surface area contributed by atoms with Gasteiger partial charge in [0.05, 0.1) is 17.4 Å². The summed E-state index contributed by atoms with van der Waals surface area (Å²) < 4.78 is 0. The highest BCUT2D eigenvalue weighted by atomic mass is 14.7. The molecule has 2 heteroatoms. The Hall–Kier alpha value is -1.83. The lowest BCUT2D eigenvalue weighted by Crippen LogP contribution is -1.87. The fraction of sp³-hybridized carbons (Fsp3) is 0.154. The van der Waals surface area contributed by atoms with Crippen LogP contribution in [0.1, 0.15) is 24.6 Å². The van der Waals surface area contributed by atoms with Crippen LogP contribution in [0.15, 0.2) is 31.1 Å². The molecular formula is C13H14N2. The Morgan fingerprint density at radius 2 is 2.40 bits per heavy atom. The second-order valence-electron chi connectivity index (χ2n) is 3.38. The summed E-state index contributed by atoms with van der Waals surface area (Å²) in [6, 6.07) is 2.07. The maximum Gasteiger partial charge on any atom is 0.0703 e. The average molecular weight is 198 g/mol. The first-order chi connectivity index (χ1) is 7.36. The molecule has 0 aliphatic rings. The summed E-state index contributed by atoms with van der Waals surface area (Å²) in [5.74, 6) is 0. The van der Waals surface area contributed by atoms with Crippen LogP contribution in [-0.4, -0.2) is 9.97 Å². The first-order valence-corrected chi connectivity index (χ1v) is 5.12. The lowest BCUT2D eigenvalue weighted by atomic mass is 10.1. The third-order valence-electron chi connectivity index (χ3n) is 2.39. The molecule has 0 spiro atoms. The minimum Gasteiger partial charge on any atom is -0.360 e. The molecule has 0 aliphatic heterocycles. The van der Waals surface area contributed by atoms with Gasteiger partial charge in [0.15, 0.2) is 0 Å². The van der Waals surface area contributed by atoms with Gasteiger partial charge in [-0.25, -0.2) is 0 Å². The highest BCUT2D eigenvalue weighted by Gasteiger charge is 2.04. The van der Waals surface area contributed by atoms with E-state index in [1.807, 2.05) is 12.4 Å². The smallest absolute Gasteiger partial charge is 0.0703 e. The van der Waals surface area contributed by atoms with Gasteiger partial charge in [-0.05, 0) is 18.6 Å². The maximum absolute atomic E-state index is 4.35. The average Bonchev–Trinajstić information content (AvgIpc) is 2.73. The first kappa shape index (κ1) is 9.71. The molecule has 0 aliphatic carbocycles. The van der Waals surface area contributed by atoms with Crippen LogP contribution in [-0.2, 0) is 0 Å². The lowest BCUT2D eigenvalue weighted by molar-refractivity contribution is 1.23. The van der Waals surface area contributed by atoms with E-state index in [9.17, 15) is 0 Å². The number of H-pyrrole nitrogens is 1. The number of hydrogen-bond donors (Lipinski definition) is 1. The van der Waals surface area contributed by atoms with Crippen molar-refractivity contribution in [2.45, 2.75) is 13.3 Å². The van der Waals surface area contributed by atoms with Crippen molar-refractivity contribution in [3.63, 3.8) is 0 Å². The van der Waals surface area contributed by atoms with Crippen LogP contribution < -0.4 is 0 Å². The summed E-state index contributed by atoms with van der Waals surface area (Å²) in [5, 5.41) is 1.20. The van der Waals surface area contributed by atoms with Crippen LogP contribution in [0.2, 0.25) is 0 Å². The van der Waals surface area contributed by atoms with E-state index in [1.165, 1.54) is 5.39 Å². The topological polar surface area (TPSA) is 28.7 Å². The van der Waals surface area contributed by atoms with Crippen LogP contribution in [0.3, 0.4) is 0 Å². The fourth-order valence-electron chi connectivity index (χ4n) is 1.64. The van der Waals surface area contributed by atoms with Crippen LogP contribution in [0.5, 0.6) is 0 Å². The van der Waals surface area contributed by atoms with Crippen molar-refractivity contribution in [1.82, 2.24) is 9.97 Å².